The Morgan fingerprint density at radius 1 is 0.510 bits per heavy atom. The predicted molar refractivity (Wildman–Crippen MR) is 332 cm³/mol. The van der Waals surface area contributed by atoms with E-state index in [1.165, 1.54) is 31.1 Å². The minimum Gasteiger partial charge on any atom is -0.412 e. The maximum absolute atomic E-state index is 13.4. The number of anilines is 4. The molecule has 7 aromatic rings. The van der Waals surface area contributed by atoms with Crippen LogP contribution in [-0.4, -0.2) is 185 Å². The van der Waals surface area contributed by atoms with Gasteiger partial charge in [-0.05, 0) is 135 Å². The van der Waals surface area contributed by atoms with E-state index in [9.17, 15) is 75.0 Å². The Balaban J connectivity index is 0.000000178. The van der Waals surface area contributed by atoms with E-state index in [1.54, 1.807) is 12.4 Å². The van der Waals surface area contributed by atoms with Crippen LogP contribution in [0.5, 0.6) is 17.2 Å². The fourth-order valence-corrected chi connectivity index (χ4v) is 15.7. The van der Waals surface area contributed by atoms with Gasteiger partial charge in [0.15, 0.2) is 0 Å². The lowest BCUT2D eigenvalue weighted by Gasteiger charge is -2.44. The number of para-hydroxylation sites is 2. The Labute approximate surface area is 557 Å². The fourth-order valence-electron chi connectivity index (χ4n) is 11.7. The van der Waals surface area contributed by atoms with Crippen molar-refractivity contribution in [2.75, 3.05) is 63.5 Å². The second kappa shape index (κ2) is 30.7. The number of aromatic nitrogens is 4. The maximum atomic E-state index is 13.4. The predicted octanol–water partition coefficient (Wildman–Crippen LogP) is 7.34. The number of fused-ring (bicyclic) bond motifs is 4. The Morgan fingerprint density at radius 3 is 1.36 bits per heavy atom. The highest BCUT2D eigenvalue weighted by atomic mass is 32.2. The van der Waals surface area contributed by atoms with Gasteiger partial charge in [0, 0.05) is 61.6 Å². The lowest BCUT2D eigenvalue weighted by molar-refractivity contribution is -0.275. The normalized spacial score (nSPS) is 21.4. The van der Waals surface area contributed by atoms with E-state index in [-0.39, 0.29) is 52.6 Å². The number of ether oxygens (including phenoxy) is 6. The topological polar surface area (TPSA) is 306 Å². The number of aryl methyl sites for hydroxylation is 4. The molecule has 0 amide bonds. The SMILES string of the molecule is CN([C@@H]1CCCOC1)S(=O)(=O)c1ccc(OC(F)(F)F)cc1.CN([C@H]1COCC(N2c3ccccc3CCc3cncnc32)[C@@H]1O)S(=O)(=O)c1ccc(OC(F)(F)F)cc1.O.O=S(=O)(N[C@H]1COCC(N2c3ccccc3CCc3cncnc32)[C@@H]1O)c1ccc(OC(F)(F)F)cc1. The average molecular weight is 1440 g/mol. The molecule has 0 spiro atoms. The number of sulfonamides is 3. The molecule has 7 atom stereocenters. The lowest BCUT2D eigenvalue weighted by Crippen LogP contribution is -2.60. The summed E-state index contributed by atoms with van der Waals surface area (Å²) in [6, 6.07) is 23.6. The molecule has 2 aromatic heterocycles. The van der Waals surface area contributed by atoms with Crippen molar-refractivity contribution in [3.05, 3.63) is 169 Å². The third kappa shape index (κ3) is 17.7. The van der Waals surface area contributed by atoms with E-state index in [0.717, 1.165) is 130 Å². The number of aliphatic hydroxyl groups is 2. The van der Waals surface area contributed by atoms with Crippen molar-refractivity contribution in [2.24, 2.45) is 0 Å². The van der Waals surface area contributed by atoms with Gasteiger partial charge in [-0.25, -0.2) is 49.9 Å². The zero-order valence-electron chi connectivity index (χ0n) is 51.9. The third-order valence-electron chi connectivity index (χ3n) is 16.5. The first kappa shape index (κ1) is 74.3. The zero-order chi connectivity index (χ0) is 69.7. The van der Waals surface area contributed by atoms with Crippen LogP contribution in [0.3, 0.4) is 0 Å². The number of hydrogen-bond acceptors (Lipinski definition) is 20. The zero-order valence-corrected chi connectivity index (χ0v) is 54.3. The second-order valence-electron chi connectivity index (χ2n) is 22.7. The highest BCUT2D eigenvalue weighted by Gasteiger charge is 2.46. The smallest absolute Gasteiger partial charge is 0.412 e. The van der Waals surface area contributed by atoms with Crippen molar-refractivity contribution in [1.82, 2.24) is 33.3 Å². The Morgan fingerprint density at radius 2 is 0.918 bits per heavy atom. The summed E-state index contributed by atoms with van der Waals surface area (Å²) < 4.78 is 221. The van der Waals surface area contributed by atoms with Gasteiger partial charge in [-0.1, -0.05) is 36.4 Å². The van der Waals surface area contributed by atoms with Gasteiger partial charge in [0.25, 0.3) is 0 Å². The number of benzene rings is 5. The van der Waals surface area contributed by atoms with Gasteiger partial charge in [0.05, 0.1) is 84.1 Å². The fraction of sp³-hybridized carbons (Fsp3) is 0.387. The monoisotopic (exact) mass is 1440 g/mol. The quantitative estimate of drug-likeness (QED) is 0.0897. The summed E-state index contributed by atoms with van der Waals surface area (Å²) >= 11 is 0. The number of alkyl halides is 9. The van der Waals surface area contributed by atoms with Crippen LogP contribution in [0.1, 0.15) is 35.1 Å². The summed E-state index contributed by atoms with van der Waals surface area (Å²) in [6.07, 6.45) is -6.38. The number of nitrogens with zero attached hydrogens (tertiary/aromatic N) is 8. The number of hydrogen-bond donors (Lipinski definition) is 3. The highest BCUT2D eigenvalue weighted by molar-refractivity contribution is 7.89. The van der Waals surface area contributed by atoms with Crippen molar-refractivity contribution >= 4 is 53.1 Å². The van der Waals surface area contributed by atoms with Gasteiger partial charge >= 0.3 is 19.1 Å². The van der Waals surface area contributed by atoms with Crippen LogP contribution in [0.2, 0.25) is 0 Å². The first-order chi connectivity index (χ1) is 45.9. The molecule has 5 N–H and O–H groups in total. The van der Waals surface area contributed by atoms with Gasteiger partial charge in [0.1, 0.15) is 41.5 Å². The second-order valence-corrected chi connectivity index (χ2v) is 28.4. The Bertz CT molecular complexity index is 4100. The number of nitrogens with one attached hydrogen (secondary N) is 1. The van der Waals surface area contributed by atoms with Crippen molar-refractivity contribution in [3.8, 4) is 17.2 Å². The molecule has 0 radical (unpaired) electrons. The molecular weight excluding hydrogens is 1380 g/mol. The number of rotatable bonds is 14. The Hall–Kier alpha value is -7.88. The van der Waals surface area contributed by atoms with E-state index >= 15 is 0 Å². The molecule has 7 heterocycles. The minimum absolute atomic E-state index is 0. The molecular formula is C62H66F9N9O15S3. The summed E-state index contributed by atoms with van der Waals surface area (Å²) in [5.41, 5.74) is 5.52. The van der Waals surface area contributed by atoms with Crippen molar-refractivity contribution < 1.29 is 109 Å². The van der Waals surface area contributed by atoms with Gasteiger partial charge in [-0.2, -0.15) is 8.61 Å². The van der Waals surface area contributed by atoms with Crippen LogP contribution in [0.25, 0.3) is 0 Å². The lowest BCUT2D eigenvalue weighted by atomic mass is 9.98. The molecule has 0 saturated carbocycles. The summed E-state index contributed by atoms with van der Waals surface area (Å²) in [7, 11) is -9.44. The summed E-state index contributed by atoms with van der Waals surface area (Å²) in [6.45, 7) is 0.972. The molecule has 3 fully saturated rings. The van der Waals surface area contributed by atoms with E-state index < -0.39 is 103 Å². The minimum atomic E-state index is -4.90. The average Bonchev–Trinajstić information content (AvgIpc) is 1.39. The summed E-state index contributed by atoms with van der Waals surface area (Å²) in [5.74, 6) is -0.329. The van der Waals surface area contributed by atoms with Crippen LogP contribution in [-0.2, 0) is 70.0 Å². The van der Waals surface area contributed by atoms with Gasteiger partial charge < -0.3 is 53.9 Å². The molecule has 3 saturated heterocycles. The standard InChI is InChI=1S/C25H25F3N4O5S.C24H23F3N4O5S.C13H16F3NO4S.H2O/c1-31(38(34,35)19-10-8-18(9-11-19)37-25(26,27)28)21-13-36-14-22(23(21)33)32-20-5-3-2-4-16(20)6-7-17-12-29-15-30-24(17)32;25-24(26,27)36-17-7-9-18(10-8-17)37(33,34)30-19-12-35-13-21(22(19)32)31-20-4-2-1-3-15(20)5-6-16-11-28-14-29-23(16)31;1-17(10-3-2-8-20-9-10)22(18,19)12-6-4-11(5-7-12)21-13(14,15)16;/h2-5,8-12,15,21-23,33H,6-7,13-14H2,1H3;1-4,7-11,14,19,21-22,30,32H,5-6,12-13H2;4-7,10H,2-3,8-9H2,1H3;1H2/t21-,22?,23+;19-,21?,22+;10-;/m001./s1. The molecule has 12 rings (SSSR count). The molecule has 530 valence electrons. The molecule has 98 heavy (non-hydrogen) atoms. The summed E-state index contributed by atoms with van der Waals surface area (Å²) in [5, 5.41) is 22.9. The van der Waals surface area contributed by atoms with Crippen molar-refractivity contribution in [1.29, 1.82) is 0 Å². The highest BCUT2D eigenvalue weighted by Crippen LogP contribution is 2.41. The van der Waals surface area contributed by atoms with E-state index in [0.29, 0.717) is 44.1 Å². The molecule has 0 aliphatic carbocycles. The van der Waals surface area contributed by atoms with Gasteiger partial charge in [0.2, 0.25) is 30.1 Å². The Kier molecular flexibility index (Phi) is 23.3. The van der Waals surface area contributed by atoms with Crippen LogP contribution in [0.4, 0.5) is 62.5 Å². The molecule has 5 aliphatic rings. The maximum Gasteiger partial charge on any atom is 0.573 e. The van der Waals surface area contributed by atoms with E-state index in [4.69, 9.17) is 14.2 Å². The van der Waals surface area contributed by atoms with Crippen LogP contribution < -0.4 is 28.7 Å². The molecule has 0 bridgehead atoms. The largest absolute Gasteiger partial charge is 0.573 e. The molecule has 24 nitrogen and oxygen atoms in total. The van der Waals surface area contributed by atoms with Crippen LogP contribution in [0.15, 0.2) is 161 Å². The van der Waals surface area contributed by atoms with Crippen LogP contribution in [0, 0.1) is 0 Å². The number of likely N-dealkylation sites (N-methyl/N-ethyl adjacent to an activating group) is 2. The third-order valence-corrected chi connectivity index (χ3v) is 21.8. The summed E-state index contributed by atoms with van der Waals surface area (Å²) in [4.78, 5) is 20.4. The molecule has 36 heteroatoms. The van der Waals surface area contributed by atoms with Crippen molar-refractivity contribution in [3.63, 3.8) is 0 Å². The van der Waals surface area contributed by atoms with E-state index in [2.05, 4.69) is 38.9 Å². The first-order valence-electron chi connectivity index (χ1n) is 29.9. The van der Waals surface area contributed by atoms with Gasteiger partial charge in [-0.15, -0.1) is 39.5 Å². The van der Waals surface area contributed by atoms with Crippen LogP contribution >= 0.6 is 0 Å². The molecule has 5 aromatic carbocycles. The molecule has 5 aliphatic heterocycles. The first-order valence-corrected chi connectivity index (χ1v) is 34.2. The van der Waals surface area contributed by atoms with Gasteiger partial charge in [-0.3, -0.25) is 0 Å². The van der Waals surface area contributed by atoms with Crippen molar-refractivity contribution in [2.45, 2.75) is 115 Å². The number of halogens is 9. The number of aliphatic hydroxyl groups excluding tert-OH is 2. The van der Waals surface area contributed by atoms with E-state index in [1.807, 2.05) is 58.3 Å². The molecule has 2 unspecified atom stereocenters.